The van der Waals surface area contributed by atoms with Crippen LogP contribution < -0.4 is 5.32 Å². The van der Waals surface area contributed by atoms with Gasteiger partial charge in [-0.1, -0.05) is 26.2 Å². The number of nitrogens with one attached hydrogen (secondary N) is 1. The van der Waals surface area contributed by atoms with Crippen molar-refractivity contribution in [3.63, 3.8) is 0 Å². The first-order valence-corrected chi connectivity index (χ1v) is 8.91. The number of nitrogens with zero attached hydrogens (tertiary/aromatic N) is 1. The normalized spacial score (nSPS) is 31.7. The Bertz CT molecular complexity index is 229. The molecule has 1 N–H and O–H groups in total. The van der Waals surface area contributed by atoms with Crippen LogP contribution in [0.1, 0.15) is 52.4 Å². The minimum absolute atomic E-state index is 0.762. The molecule has 0 amide bonds. The fourth-order valence-corrected chi connectivity index (χ4v) is 4.37. The summed E-state index contributed by atoms with van der Waals surface area (Å²) in [6.45, 7) is 8.56. The summed E-state index contributed by atoms with van der Waals surface area (Å²) in [7, 11) is 0. The van der Waals surface area contributed by atoms with Crippen LogP contribution in [-0.2, 0) is 0 Å². The molecule has 2 fully saturated rings. The third-order valence-electron chi connectivity index (χ3n) is 4.67. The van der Waals surface area contributed by atoms with Crippen LogP contribution in [0, 0.1) is 0 Å². The highest BCUT2D eigenvalue weighted by atomic mass is 32.2. The van der Waals surface area contributed by atoms with E-state index in [1.165, 1.54) is 63.9 Å². The molecule has 0 radical (unpaired) electrons. The van der Waals surface area contributed by atoms with Gasteiger partial charge in [-0.25, -0.2) is 0 Å². The Morgan fingerprint density at radius 1 is 1.17 bits per heavy atom. The standard InChI is InChI=1S/C15H30N2S/c1-13-14(2)18-12-11-17(13)10-6-9-16-15-7-4-3-5-8-15/h13-16H,3-12H2,1-2H3. The van der Waals surface area contributed by atoms with Crippen LogP contribution in [0.2, 0.25) is 0 Å². The molecule has 0 bridgehead atoms. The second-order valence-corrected chi connectivity index (χ2v) is 7.48. The summed E-state index contributed by atoms with van der Waals surface area (Å²) >= 11 is 2.13. The molecule has 1 heterocycles. The second-order valence-electron chi connectivity index (χ2n) is 6.00. The van der Waals surface area contributed by atoms with E-state index >= 15 is 0 Å². The van der Waals surface area contributed by atoms with E-state index in [-0.39, 0.29) is 0 Å². The summed E-state index contributed by atoms with van der Waals surface area (Å²) in [5.41, 5.74) is 0. The topological polar surface area (TPSA) is 15.3 Å². The van der Waals surface area contributed by atoms with E-state index in [0.29, 0.717) is 0 Å². The fraction of sp³-hybridized carbons (Fsp3) is 1.00. The molecule has 1 saturated carbocycles. The zero-order chi connectivity index (χ0) is 12.8. The third kappa shape index (κ3) is 4.43. The average Bonchev–Trinajstić information content (AvgIpc) is 2.40. The Hall–Kier alpha value is 0.270. The Kier molecular flexibility index (Phi) is 6.33. The van der Waals surface area contributed by atoms with E-state index in [9.17, 15) is 0 Å². The van der Waals surface area contributed by atoms with Gasteiger partial charge >= 0.3 is 0 Å². The molecule has 0 spiro atoms. The van der Waals surface area contributed by atoms with Crippen molar-refractivity contribution >= 4 is 11.8 Å². The highest BCUT2D eigenvalue weighted by molar-refractivity contribution is 8.00. The molecule has 2 unspecified atom stereocenters. The molecule has 0 aromatic carbocycles. The zero-order valence-electron chi connectivity index (χ0n) is 12.2. The van der Waals surface area contributed by atoms with Gasteiger partial charge in [0.1, 0.15) is 0 Å². The van der Waals surface area contributed by atoms with E-state index < -0.39 is 0 Å². The summed E-state index contributed by atoms with van der Waals surface area (Å²) < 4.78 is 0. The molecule has 1 aliphatic heterocycles. The summed E-state index contributed by atoms with van der Waals surface area (Å²) in [6, 6.07) is 1.59. The highest BCUT2D eigenvalue weighted by Gasteiger charge is 2.24. The lowest BCUT2D eigenvalue weighted by atomic mass is 9.95. The molecular weight excluding hydrogens is 240 g/mol. The maximum atomic E-state index is 3.76. The van der Waals surface area contributed by atoms with Crippen LogP contribution in [0.4, 0.5) is 0 Å². The largest absolute Gasteiger partial charge is 0.314 e. The first-order valence-electron chi connectivity index (χ1n) is 7.86. The molecule has 1 aliphatic carbocycles. The molecule has 0 aromatic heterocycles. The van der Waals surface area contributed by atoms with E-state index in [4.69, 9.17) is 0 Å². The van der Waals surface area contributed by atoms with Gasteiger partial charge in [0.25, 0.3) is 0 Å². The quantitative estimate of drug-likeness (QED) is 0.773. The number of hydrogen-bond donors (Lipinski definition) is 1. The predicted molar refractivity (Wildman–Crippen MR) is 82.4 cm³/mol. The molecule has 18 heavy (non-hydrogen) atoms. The van der Waals surface area contributed by atoms with Crippen LogP contribution in [0.3, 0.4) is 0 Å². The summed E-state index contributed by atoms with van der Waals surface area (Å²) in [6.07, 6.45) is 8.48. The molecular formula is C15H30N2S. The molecule has 2 nitrogen and oxygen atoms in total. The maximum absolute atomic E-state index is 3.76. The molecule has 2 aliphatic rings. The monoisotopic (exact) mass is 270 g/mol. The van der Waals surface area contributed by atoms with Crippen molar-refractivity contribution in [2.75, 3.05) is 25.4 Å². The van der Waals surface area contributed by atoms with Gasteiger partial charge in [-0.2, -0.15) is 11.8 Å². The van der Waals surface area contributed by atoms with Gasteiger partial charge in [-0.15, -0.1) is 0 Å². The van der Waals surface area contributed by atoms with E-state index in [2.05, 4.69) is 35.8 Å². The van der Waals surface area contributed by atoms with Crippen LogP contribution in [0.15, 0.2) is 0 Å². The van der Waals surface area contributed by atoms with Gasteiger partial charge in [0.2, 0.25) is 0 Å². The van der Waals surface area contributed by atoms with Crippen LogP contribution in [0.5, 0.6) is 0 Å². The average molecular weight is 270 g/mol. The van der Waals surface area contributed by atoms with Crippen molar-refractivity contribution in [2.24, 2.45) is 0 Å². The Labute approximate surface area is 117 Å². The SMILES string of the molecule is CC1SCCN(CCCNC2CCCCC2)C1C. The van der Waals surface area contributed by atoms with Gasteiger partial charge in [-0.3, -0.25) is 4.90 Å². The molecule has 0 aromatic rings. The van der Waals surface area contributed by atoms with Crippen molar-refractivity contribution in [1.82, 2.24) is 10.2 Å². The lowest BCUT2D eigenvalue weighted by Crippen LogP contribution is -2.45. The predicted octanol–water partition coefficient (Wildman–Crippen LogP) is 3.12. The van der Waals surface area contributed by atoms with Gasteiger partial charge in [-0.05, 0) is 39.3 Å². The number of hydrogen-bond acceptors (Lipinski definition) is 3. The fourth-order valence-electron chi connectivity index (χ4n) is 3.21. The molecule has 3 heteroatoms. The Morgan fingerprint density at radius 2 is 1.94 bits per heavy atom. The second kappa shape index (κ2) is 7.76. The zero-order valence-corrected chi connectivity index (χ0v) is 13.0. The maximum Gasteiger partial charge on any atom is 0.0184 e. The summed E-state index contributed by atoms with van der Waals surface area (Å²) in [5, 5.41) is 4.57. The smallest absolute Gasteiger partial charge is 0.0184 e. The minimum atomic E-state index is 0.762. The Morgan fingerprint density at radius 3 is 2.72 bits per heavy atom. The molecule has 2 rings (SSSR count). The first-order chi connectivity index (χ1) is 8.77. The van der Waals surface area contributed by atoms with Gasteiger partial charge < -0.3 is 5.32 Å². The van der Waals surface area contributed by atoms with Crippen LogP contribution in [-0.4, -0.2) is 47.6 Å². The molecule has 2 atom stereocenters. The number of thioether (sulfide) groups is 1. The lowest BCUT2D eigenvalue weighted by Gasteiger charge is -2.37. The van der Waals surface area contributed by atoms with E-state index in [1.807, 2.05) is 0 Å². The van der Waals surface area contributed by atoms with E-state index in [1.54, 1.807) is 0 Å². The number of rotatable bonds is 5. The van der Waals surface area contributed by atoms with Crippen LogP contribution in [0.25, 0.3) is 0 Å². The van der Waals surface area contributed by atoms with Crippen molar-refractivity contribution in [3.05, 3.63) is 0 Å². The summed E-state index contributed by atoms with van der Waals surface area (Å²) in [4.78, 5) is 2.68. The van der Waals surface area contributed by atoms with Gasteiger partial charge in [0, 0.05) is 29.6 Å². The highest BCUT2D eigenvalue weighted by Crippen LogP contribution is 2.24. The Balaban J connectivity index is 1.57. The third-order valence-corrected chi connectivity index (χ3v) is 6.01. The summed E-state index contributed by atoms with van der Waals surface area (Å²) in [5.74, 6) is 1.32. The van der Waals surface area contributed by atoms with E-state index in [0.717, 1.165) is 17.3 Å². The van der Waals surface area contributed by atoms with Crippen molar-refractivity contribution in [1.29, 1.82) is 0 Å². The minimum Gasteiger partial charge on any atom is -0.314 e. The molecule has 1 saturated heterocycles. The van der Waals surface area contributed by atoms with Crippen LogP contribution >= 0.6 is 11.8 Å². The van der Waals surface area contributed by atoms with Crippen molar-refractivity contribution in [2.45, 2.75) is 69.7 Å². The molecule has 106 valence electrons. The first kappa shape index (κ1) is 14.7. The van der Waals surface area contributed by atoms with Crippen molar-refractivity contribution in [3.8, 4) is 0 Å². The van der Waals surface area contributed by atoms with Gasteiger partial charge in [0.15, 0.2) is 0 Å². The lowest BCUT2D eigenvalue weighted by molar-refractivity contribution is 0.208. The van der Waals surface area contributed by atoms with Crippen molar-refractivity contribution < 1.29 is 0 Å². The van der Waals surface area contributed by atoms with Gasteiger partial charge in [0.05, 0.1) is 0 Å².